The van der Waals surface area contributed by atoms with Crippen LogP contribution in [0.2, 0.25) is 0 Å². The lowest BCUT2D eigenvalue weighted by atomic mass is 10.2. The third kappa shape index (κ3) is 2.03. The van der Waals surface area contributed by atoms with Gasteiger partial charge >= 0.3 is 0 Å². The Kier molecular flexibility index (Phi) is 2.64. The maximum absolute atomic E-state index is 4.45. The lowest BCUT2D eigenvalue weighted by Gasteiger charge is -2.08. The minimum absolute atomic E-state index is 0.708. The fourth-order valence-electron chi connectivity index (χ4n) is 2.61. The fourth-order valence-corrected chi connectivity index (χ4v) is 2.61. The number of para-hydroxylation sites is 1. The van der Waals surface area contributed by atoms with Crippen molar-refractivity contribution in [2.45, 2.75) is 13.5 Å². The van der Waals surface area contributed by atoms with Crippen LogP contribution < -0.4 is 5.32 Å². The van der Waals surface area contributed by atoms with Crippen LogP contribution in [0.25, 0.3) is 16.6 Å². The molecule has 0 spiro atoms. The summed E-state index contributed by atoms with van der Waals surface area (Å²) in [6.07, 6.45) is 5.46. The van der Waals surface area contributed by atoms with Crippen molar-refractivity contribution >= 4 is 22.4 Å². The van der Waals surface area contributed by atoms with Crippen LogP contribution in [0.5, 0.6) is 0 Å². The number of H-pyrrole nitrogens is 1. The number of aromatic amines is 1. The fraction of sp³-hybridized carbons (Fsp3) is 0.125. The lowest BCUT2D eigenvalue weighted by Crippen LogP contribution is -2.05. The SMILES string of the molecule is Cc1c(NCc2cc3ccccc3[nH]2)ncn2ccnc12. The number of benzene rings is 1. The van der Waals surface area contributed by atoms with Gasteiger partial charge in [-0.25, -0.2) is 9.97 Å². The molecule has 4 rings (SSSR count). The predicted octanol–water partition coefficient (Wildman–Crippen LogP) is 3.13. The van der Waals surface area contributed by atoms with E-state index in [1.165, 1.54) is 5.39 Å². The molecule has 0 radical (unpaired) electrons. The van der Waals surface area contributed by atoms with Crippen molar-refractivity contribution in [3.05, 3.63) is 60.3 Å². The molecule has 1 aromatic carbocycles. The number of hydrogen-bond acceptors (Lipinski definition) is 3. The zero-order valence-corrected chi connectivity index (χ0v) is 11.7. The van der Waals surface area contributed by atoms with E-state index in [2.05, 4.69) is 38.5 Å². The van der Waals surface area contributed by atoms with Gasteiger partial charge in [-0.3, -0.25) is 4.40 Å². The van der Waals surface area contributed by atoms with Gasteiger partial charge in [-0.05, 0) is 24.4 Å². The summed E-state index contributed by atoms with van der Waals surface area (Å²) in [4.78, 5) is 12.2. The van der Waals surface area contributed by atoms with E-state index in [1.807, 2.05) is 29.7 Å². The van der Waals surface area contributed by atoms with E-state index in [0.29, 0.717) is 6.54 Å². The van der Waals surface area contributed by atoms with Crippen LogP contribution >= 0.6 is 0 Å². The summed E-state index contributed by atoms with van der Waals surface area (Å²) in [5.41, 5.74) is 4.28. The van der Waals surface area contributed by atoms with Crippen molar-refractivity contribution in [3.63, 3.8) is 0 Å². The van der Waals surface area contributed by atoms with Crippen molar-refractivity contribution in [3.8, 4) is 0 Å². The summed E-state index contributed by atoms with van der Waals surface area (Å²) in [6.45, 7) is 2.74. The van der Waals surface area contributed by atoms with Gasteiger partial charge in [0.2, 0.25) is 0 Å². The molecule has 104 valence electrons. The van der Waals surface area contributed by atoms with Crippen molar-refractivity contribution in [2.24, 2.45) is 0 Å². The molecule has 0 saturated heterocycles. The maximum Gasteiger partial charge on any atom is 0.144 e. The van der Waals surface area contributed by atoms with E-state index in [4.69, 9.17) is 0 Å². The van der Waals surface area contributed by atoms with Crippen LogP contribution in [-0.4, -0.2) is 19.4 Å². The van der Waals surface area contributed by atoms with Crippen molar-refractivity contribution < 1.29 is 0 Å². The van der Waals surface area contributed by atoms with Gasteiger partial charge in [0, 0.05) is 29.2 Å². The lowest BCUT2D eigenvalue weighted by molar-refractivity contribution is 1.01. The summed E-state index contributed by atoms with van der Waals surface area (Å²) in [5.74, 6) is 0.868. The Morgan fingerprint density at radius 2 is 2.14 bits per heavy atom. The Morgan fingerprint density at radius 3 is 3.05 bits per heavy atom. The minimum atomic E-state index is 0.708. The quantitative estimate of drug-likeness (QED) is 0.605. The van der Waals surface area contributed by atoms with E-state index in [9.17, 15) is 0 Å². The average Bonchev–Trinajstić information content (AvgIpc) is 3.12. The van der Waals surface area contributed by atoms with Crippen LogP contribution in [0.3, 0.4) is 0 Å². The highest BCUT2D eigenvalue weighted by Crippen LogP contribution is 2.18. The smallest absolute Gasteiger partial charge is 0.144 e. The average molecular weight is 277 g/mol. The molecule has 3 aromatic heterocycles. The van der Waals surface area contributed by atoms with Crippen molar-refractivity contribution in [1.82, 2.24) is 19.4 Å². The number of anilines is 1. The monoisotopic (exact) mass is 277 g/mol. The molecule has 5 nitrogen and oxygen atoms in total. The summed E-state index contributed by atoms with van der Waals surface area (Å²) >= 11 is 0. The second-order valence-electron chi connectivity index (χ2n) is 5.11. The van der Waals surface area contributed by atoms with Gasteiger partial charge < -0.3 is 10.3 Å². The van der Waals surface area contributed by atoms with Gasteiger partial charge in [-0.2, -0.15) is 0 Å². The molecule has 0 aliphatic carbocycles. The highest BCUT2D eigenvalue weighted by Gasteiger charge is 2.06. The number of nitrogens with zero attached hydrogens (tertiary/aromatic N) is 3. The second kappa shape index (κ2) is 4.63. The summed E-state index contributed by atoms with van der Waals surface area (Å²) < 4.78 is 1.92. The van der Waals surface area contributed by atoms with E-state index in [1.54, 1.807) is 12.5 Å². The Hall–Kier alpha value is -2.82. The molecule has 0 bridgehead atoms. The van der Waals surface area contributed by atoms with Gasteiger partial charge in [-0.15, -0.1) is 0 Å². The standard InChI is InChI=1S/C16H15N5/c1-11-15(19-10-21-7-6-17-16(11)21)18-9-13-8-12-4-2-3-5-14(12)20-13/h2-8,10,18,20H,9H2,1H3. The molecular weight excluding hydrogens is 262 g/mol. The van der Waals surface area contributed by atoms with Crippen LogP contribution in [0.4, 0.5) is 5.82 Å². The molecule has 2 N–H and O–H groups in total. The van der Waals surface area contributed by atoms with Gasteiger partial charge in [0.1, 0.15) is 17.8 Å². The van der Waals surface area contributed by atoms with Crippen LogP contribution in [-0.2, 0) is 6.54 Å². The number of hydrogen-bond donors (Lipinski definition) is 2. The van der Waals surface area contributed by atoms with E-state index >= 15 is 0 Å². The van der Waals surface area contributed by atoms with E-state index < -0.39 is 0 Å². The molecule has 0 saturated carbocycles. The molecule has 4 aromatic rings. The first-order chi connectivity index (χ1) is 10.3. The molecule has 0 amide bonds. The van der Waals surface area contributed by atoms with Crippen molar-refractivity contribution in [1.29, 1.82) is 0 Å². The molecule has 0 unspecified atom stereocenters. The highest BCUT2D eigenvalue weighted by atomic mass is 15.1. The number of imidazole rings is 1. The van der Waals surface area contributed by atoms with Crippen LogP contribution in [0.1, 0.15) is 11.3 Å². The summed E-state index contributed by atoms with van der Waals surface area (Å²) in [7, 11) is 0. The first-order valence-corrected chi connectivity index (χ1v) is 6.90. The number of aromatic nitrogens is 4. The zero-order chi connectivity index (χ0) is 14.2. The Morgan fingerprint density at radius 1 is 1.24 bits per heavy atom. The number of rotatable bonds is 3. The third-order valence-electron chi connectivity index (χ3n) is 3.70. The van der Waals surface area contributed by atoms with Gasteiger partial charge in [0.05, 0.1) is 6.54 Å². The predicted molar refractivity (Wildman–Crippen MR) is 83.3 cm³/mol. The maximum atomic E-state index is 4.45. The first-order valence-electron chi connectivity index (χ1n) is 6.90. The second-order valence-corrected chi connectivity index (χ2v) is 5.11. The Labute approximate surface area is 121 Å². The van der Waals surface area contributed by atoms with Gasteiger partial charge in [0.15, 0.2) is 0 Å². The highest BCUT2D eigenvalue weighted by molar-refractivity contribution is 5.80. The van der Waals surface area contributed by atoms with Crippen LogP contribution in [0.15, 0.2) is 49.1 Å². The zero-order valence-electron chi connectivity index (χ0n) is 11.7. The van der Waals surface area contributed by atoms with Gasteiger partial charge in [-0.1, -0.05) is 18.2 Å². The molecular formula is C16H15N5. The normalized spacial score (nSPS) is 11.3. The van der Waals surface area contributed by atoms with Crippen molar-refractivity contribution in [2.75, 3.05) is 5.32 Å². The molecule has 0 aliphatic rings. The number of aryl methyl sites for hydroxylation is 1. The molecule has 0 aliphatic heterocycles. The third-order valence-corrected chi connectivity index (χ3v) is 3.70. The van der Waals surface area contributed by atoms with Gasteiger partial charge in [0.25, 0.3) is 0 Å². The summed E-state index contributed by atoms with van der Waals surface area (Å²) in [6, 6.07) is 10.4. The molecule has 3 heterocycles. The number of nitrogens with one attached hydrogen (secondary N) is 2. The number of fused-ring (bicyclic) bond motifs is 2. The molecule has 0 atom stereocenters. The molecule has 21 heavy (non-hydrogen) atoms. The minimum Gasteiger partial charge on any atom is -0.364 e. The summed E-state index contributed by atoms with van der Waals surface area (Å²) in [5, 5.41) is 4.60. The Balaban J connectivity index is 1.61. The largest absolute Gasteiger partial charge is 0.364 e. The first kappa shape index (κ1) is 12.0. The molecule has 5 heteroatoms. The van der Waals surface area contributed by atoms with Crippen LogP contribution in [0, 0.1) is 6.92 Å². The Bertz CT molecular complexity index is 886. The molecule has 0 fully saturated rings. The van der Waals surface area contributed by atoms with E-state index in [-0.39, 0.29) is 0 Å². The topological polar surface area (TPSA) is 58.0 Å². The van der Waals surface area contributed by atoms with E-state index in [0.717, 1.165) is 28.2 Å².